The Morgan fingerprint density at radius 2 is 1.55 bits per heavy atom. The fourth-order valence-corrected chi connectivity index (χ4v) is 3.90. The van der Waals surface area contributed by atoms with Crippen LogP contribution in [0.1, 0.15) is 59.8 Å². The first-order valence-corrected chi connectivity index (χ1v) is 10.4. The standard InChI is InChI=1S/C26H25N3O2/c1-16(2)19-10-12-20(13-11-19)23-22(24(30)21-8-6-17(3)7-9-21)18(4)25(31)29(23)26-27-14-5-15-28-26/h5-16,23H,1-4H3. The van der Waals surface area contributed by atoms with E-state index >= 15 is 0 Å². The van der Waals surface area contributed by atoms with Gasteiger partial charge >= 0.3 is 0 Å². The number of aromatic nitrogens is 2. The molecule has 5 nitrogen and oxygen atoms in total. The lowest BCUT2D eigenvalue weighted by Crippen LogP contribution is -2.32. The number of hydrogen-bond donors (Lipinski definition) is 0. The van der Waals surface area contributed by atoms with E-state index < -0.39 is 6.04 Å². The lowest BCUT2D eigenvalue weighted by Gasteiger charge is -2.26. The summed E-state index contributed by atoms with van der Waals surface area (Å²) in [5, 5.41) is 0. The minimum atomic E-state index is -0.579. The molecule has 2 aromatic carbocycles. The van der Waals surface area contributed by atoms with Crippen molar-refractivity contribution in [2.75, 3.05) is 4.90 Å². The average molecular weight is 412 g/mol. The van der Waals surface area contributed by atoms with Gasteiger partial charge in [0.2, 0.25) is 5.95 Å². The van der Waals surface area contributed by atoms with E-state index in [9.17, 15) is 9.59 Å². The molecule has 1 atom stereocenters. The molecule has 3 aromatic rings. The quantitative estimate of drug-likeness (QED) is 0.542. The predicted octanol–water partition coefficient (Wildman–Crippen LogP) is 5.20. The molecular weight excluding hydrogens is 386 g/mol. The summed E-state index contributed by atoms with van der Waals surface area (Å²) in [4.78, 5) is 37.0. The molecule has 0 N–H and O–H groups in total. The molecule has 0 fully saturated rings. The molecule has 1 aliphatic heterocycles. The summed E-state index contributed by atoms with van der Waals surface area (Å²) in [6, 6.07) is 16.6. The molecule has 5 heteroatoms. The molecule has 4 rings (SSSR count). The molecule has 0 aliphatic carbocycles. The third-order valence-corrected chi connectivity index (χ3v) is 5.72. The first kappa shape index (κ1) is 20.7. The van der Waals surface area contributed by atoms with Crippen molar-refractivity contribution < 1.29 is 9.59 Å². The molecule has 0 bridgehead atoms. The Hall–Kier alpha value is -3.60. The van der Waals surface area contributed by atoms with Crippen LogP contribution in [0.4, 0.5) is 5.95 Å². The highest BCUT2D eigenvalue weighted by Crippen LogP contribution is 2.41. The maximum Gasteiger partial charge on any atom is 0.257 e. The zero-order valence-electron chi connectivity index (χ0n) is 18.2. The van der Waals surface area contributed by atoms with Gasteiger partial charge in [-0.05, 0) is 37.0 Å². The van der Waals surface area contributed by atoms with Crippen LogP contribution >= 0.6 is 0 Å². The summed E-state index contributed by atoms with van der Waals surface area (Å²) >= 11 is 0. The molecule has 0 radical (unpaired) electrons. The predicted molar refractivity (Wildman–Crippen MR) is 121 cm³/mol. The number of anilines is 1. The van der Waals surface area contributed by atoms with Crippen LogP contribution in [-0.2, 0) is 4.79 Å². The maximum absolute atomic E-state index is 13.6. The van der Waals surface area contributed by atoms with Gasteiger partial charge in [0, 0.05) is 29.1 Å². The number of nitrogens with zero attached hydrogens (tertiary/aromatic N) is 3. The number of Topliss-reactive ketones (excluding diaryl/α,β-unsaturated/α-hetero) is 1. The normalized spacial score (nSPS) is 16.4. The van der Waals surface area contributed by atoms with Crippen molar-refractivity contribution in [2.45, 2.75) is 39.7 Å². The van der Waals surface area contributed by atoms with E-state index in [2.05, 4.69) is 35.9 Å². The highest BCUT2D eigenvalue weighted by Gasteiger charge is 2.43. The first-order valence-electron chi connectivity index (χ1n) is 10.4. The van der Waals surface area contributed by atoms with Crippen LogP contribution in [0.25, 0.3) is 0 Å². The van der Waals surface area contributed by atoms with Gasteiger partial charge in [-0.25, -0.2) is 9.97 Å². The number of benzene rings is 2. The molecule has 0 saturated carbocycles. The van der Waals surface area contributed by atoms with Gasteiger partial charge in [-0.1, -0.05) is 67.9 Å². The fourth-order valence-electron chi connectivity index (χ4n) is 3.90. The lowest BCUT2D eigenvalue weighted by molar-refractivity contribution is -0.114. The van der Waals surface area contributed by atoms with E-state index in [0.29, 0.717) is 22.6 Å². The van der Waals surface area contributed by atoms with E-state index in [1.165, 1.54) is 10.5 Å². The molecule has 1 aliphatic rings. The van der Waals surface area contributed by atoms with Gasteiger partial charge in [0.25, 0.3) is 5.91 Å². The van der Waals surface area contributed by atoms with E-state index in [4.69, 9.17) is 0 Å². The largest absolute Gasteiger partial charge is 0.289 e. The number of ketones is 1. The molecule has 0 saturated heterocycles. The monoisotopic (exact) mass is 411 g/mol. The van der Waals surface area contributed by atoms with Crippen LogP contribution in [-0.4, -0.2) is 21.7 Å². The summed E-state index contributed by atoms with van der Waals surface area (Å²) in [6.45, 7) is 7.96. The molecule has 0 spiro atoms. The van der Waals surface area contributed by atoms with Gasteiger partial charge in [-0.3, -0.25) is 14.5 Å². The molecule has 2 heterocycles. The van der Waals surface area contributed by atoms with Crippen molar-refractivity contribution in [3.8, 4) is 0 Å². The van der Waals surface area contributed by atoms with E-state index in [0.717, 1.165) is 11.1 Å². The van der Waals surface area contributed by atoms with Crippen LogP contribution < -0.4 is 4.90 Å². The summed E-state index contributed by atoms with van der Waals surface area (Å²) in [5.74, 6) is 0.275. The number of carbonyl (C=O) groups is 2. The van der Waals surface area contributed by atoms with Gasteiger partial charge in [0.1, 0.15) is 0 Å². The summed E-state index contributed by atoms with van der Waals surface area (Å²) in [5.41, 5.74) is 4.59. The Balaban J connectivity index is 1.85. The first-order chi connectivity index (χ1) is 14.9. The number of carbonyl (C=O) groups excluding carboxylic acids is 2. The third kappa shape index (κ3) is 3.79. The Labute approximate surface area is 182 Å². The number of rotatable bonds is 5. The molecular formula is C26H25N3O2. The van der Waals surface area contributed by atoms with E-state index in [-0.39, 0.29) is 17.6 Å². The van der Waals surface area contributed by atoms with Crippen molar-refractivity contribution in [1.29, 1.82) is 0 Å². The van der Waals surface area contributed by atoms with Crippen LogP contribution in [0, 0.1) is 6.92 Å². The van der Waals surface area contributed by atoms with Gasteiger partial charge in [0.05, 0.1) is 6.04 Å². The van der Waals surface area contributed by atoms with Crippen molar-refractivity contribution >= 4 is 17.6 Å². The maximum atomic E-state index is 13.6. The summed E-state index contributed by atoms with van der Waals surface area (Å²) in [7, 11) is 0. The average Bonchev–Trinajstić information content (AvgIpc) is 3.05. The molecule has 1 aromatic heterocycles. The second-order valence-corrected chi connectivity index (χ2v) is 8.18. The smallest absolute Gasteiger partial charge is 0.257 e. The van der Waals surface area contributed by atoms with Gasteiger partial charge in [-0.2, -0.15) is 0 Å². The van der Waals surface area contributed by atoms with Gasteiger partial charge in [-0.15, -0.1) is 0 Å². The van der Waals surface area contributed by atoms with Crippen molar-refractivity contribution in [3.63, 3.8) is 0 Å². The Kier molecular flexibility index (Phi) is 5.51. The summed E-state index contributed by atoms with van der Waals surface area (Å²) < 4.78 is 0. The fraction of sp³-hybridized carbons (Fsp3) is 0.231. The molecule has 156 valence electrons. The molecule has 1 amide bonds. The topological polar surface area (TPSA) is 63.2 Å². The SMILES string of the molecule is CC1=C(C(=O)c2ccc(C)cc2)C(c2ccc(C(C)C)cc2)N(c2ncccn2)C1=O. The van der Waals surface area contributed by atoms with Crippen LogP contribution in [0.2, 0.25) is 0 Å². The Morgan fingerprint density at radius 3 is 2.13 bits per heavy atom. The van der Waals surface area contributed by atoms with Crippen LogP contribution in [0.15, 0.2) is 78.1 Å². The van der Waals surface area contributed by atoms with Crippen molar-refractivity contribution in [3.05, 3.63) is 100 Å². The zero-order chi connectivity index (χ0) is 22.1. The van der Waals surface area contributed by atoms with E-state index in [1.54, 1.807) is 25.4 Å². The zero-order valence-corrected chi connectivity index (χ0v) is 18.2. The number of amides is 1. The van der Waals surface area contributed by atoms with Crippen molar-refractivity contribution in [2.24, 2.45) is 0 Å². The van der Waals surface area contributed by atoms with E-state index in [1.807, 2.05) is 43.3 Å². The highest BCUT2D eigenvalue weighted by atomic mass is 16.2. The lowest BCUT2D eigenvalue weighted by atomic mass is 9.90. The number of aryl methyl sites for hydroxylation is 1. The third-order valence-electron chi connectivity index (χ3n) is 5.72. The van der Waals surface area contributed by atoms with Crippen molar-refractivity contribution in [1.82, 2.24) is 9.97 Å². The highest BCUT2D eigenvalue weighted by molar-refractivity contribution is 6.21. The molecule has 31 heavy (non-hydrogen) atoms. The summed E-state index contributed by atoms with van der Waals surface area (Å²) in [6.07, 6.45) is 3.20. The second kappa shape index (κ2) is 8.26. The number of hydrogen-bond acceptors (Lipinski definition) is 4. The van der Waals surface area contributed by atoms with Crippen LogP contribution in [0.3, 0.4) is 0 Å². The second-order valence-electron chi connectivity index (χ2n) is 8.18. The minimum absolute atomic E-state index is 0.151. The minimum Gasteiger partial charge on any atom is -0.289 e. The Morgan fingerprint density at radius 1 is 0.935 bits per heavy atom. The van der Waals surface area contributed by atoms with Crippen LogP contribution in [0.5, 0.6) is 0 Å². The van der Waals surface area contributed by atoms with Gasteiger partial charge < -0.3 is 0 Å². The van der Waals surface area contributed by atoms with Gasteiger partial charge in [0.15, 0.2) is 5.78 Å². The Bertz CT molecular complexity index is 1150. The molecule has 1 unspecified atom stereocenters.